The molecule has 2 aliphatic rings. The van der Waals surface area contributed by atoms with Gasteiger partial charge in [0.25, 0.3) is 0 Å². The topological polar surface area (TPSA) is 70.0 Å². The van der Waals surface area contributed by atoms with Gasteiger partial charge in [0.05, 0.1) is 11.3 Å². The molecule has 0 aromatic carbocycles. The van der Waals surface area contributed by atoms with Gasteiger partial charge >= 0.3 is 0 Å². The van der Waals surface area contributed by atoms with Gasteiger partial charge in [0.1, 0.15) is 9.84 Å². The van der Waals surface area contributed by atoms with E-state index in [0.29, 0.717) is 12.5 Å². The van der Waals surface area contributed by atoms with Crippen molar-refractivity contribution in [3.8, 4) is 6.07 Å². The van der Waals surface area contributed by atoms with Crippen LogP contribution in [0.4, 0.5) is 0 Å². The minimum atomic E-state index is -2.91. The highest BCUT2D eigenvalue weighted by Gasteiger charge is 2.34. The number of hydrogen-bond donors (Lipinski definition) is 1. The first-order valence-electron chi connectivity index (χ1n) is 8.74. The maximum atomic E-state index is 11.8. The summed E-state index contributed by atoms with van der Waals surface area (Å²) in [7, 11) is -2.91. The number of sulfone groups is 1. The quantitative estimate of drug-likeness (QED) is 0.814. The first kappa shape index (κ1) is 17.7. The Morgan fingerprint density at radius 2 is 1.91 bits per heavy atom. The predicted octanol–water partition coefficient (Wildman–Crippen LogP) is 3.19. The van der Waals surface area contributed by atoms with Gasteiger partial charge in [-0.2, -0.15) is 5.26 Å². The third kappa shape index (κ3) is 4.96. The summed E-state index contributed by atoms with van der Waals surface area (Å²) in [5.74, 6) is 0. The first-order chi connectivity index (χ1) is 10.5. The summed E-state index contributed by atoms with van der Waals surface area (Å²) in [6.45, 7) is 0.954. The molecule has 5 heteroatoms. The van der Waals surface area contributed by atoms with Crippen LogP contribution in [0.25, 0.3) is 0 Å². The van der Waals surface area contributed by atoms with Gasteiger partial charge < -0.3 is 5.32 Å². The van der Waals surface area contributed by atoms with Gasteiger partial charge in [-0.25, -0.2) is 8.42 Å². The van der Waals surface area contributed by atoms with Crippen LogP contribution in [0.3, 0.4) is 0 Å². The molecule has 0 amide bonds. The molecule has 2 atom stereocenters. The van der Waals surface area contributed by atoms with Gasteiger partial charge in [-0.1, -0.05) is 25.7 Å². The van der Waals surface area contributed by atoms with Crippen molar-refractivity contribution in [2.45, 2.75) is 81.9 Å². The number of nitrogens with zero attached hydrogens (tertiary/aromatic N) is 1. The van der Waals surface area contributed by atoms with E-state index in [4.69, 9.17) is 5.26 Å². The predicted molar refractivity (Wildman–Crippen MR) is 89.3 cm³/mol. The van der Waals surface area contributed by atoms with E-state index in [-0.39, 0.29) is 10.7 Å². The molecule has 0 saturated heterocycles. The molecular formula is C17H30N2O2S. The summed E-state index contributed by atoms with van der Waals surface area (Å²) in [4.78, 5) is 0. The van der Waals surface area contributed by atoms with Gasteiger partial charge in [0, 0.05) is 25.3 Å². The van der Waals surface area contributed by atoms with Crippen LogP contribution in [0.2, 0.25) is 0 Å². The fraction of sp³-hybridized carbons (Fsp3) is 0.941. The molecule has 2 fully saturated rings. The highest BCUT2D eigenvalue weighted by molar-refractivity contribution is 7.91. The second kappa shape index (κ2) is 7.79. The molecule has 0 aliphatic heterocycles. The van der Waals surface area contributed by atoms with Crippen LogP contribution in [-0.4, -0.2) is 32.5 Å². The Labute approximate surface area is 135 Å². The van der Waals surface area contributed by atoms with Crippen molar-refractivity contribution in [1.29, 1.82) is 5.26 Å². The average Bonchev–Trinajstić information content (AvgIpc) is 2.52. The molecule has 126 valence electrons. The molecule has 2 aliphatic carbocycles. The zero-order valence-electron chi connectivity index (χ0n) is 13.8. The lowest BCUT2D eigenvalue weighted by molar-refractivity contribution is 0.158. The molecule has 22 heavy (non-hydrogen) atoms. The van der Waals surface area contributed by atoms with Crippen molar-refractivity contribution in [2.75, 3.05) is 12.8 Å². The lowest BCUT2D eigenvalue weighted by Gasteiger charge is -2.39. The zero-order chi connectivity index (χ0) is 16.1. The van der Waals surface area contributed by atoms with Crippen molar-refractivity contribution >= 4 is 9.84 Å². The van der Waals surface area contributed by atoms with Crippen LogP contribution in [0.5, 0.6) is 0 Å². The van der Waals surface area contributed by atoms with Gasteiger partial charge in [0.2, 0.25) is 0 Å². The molecule has 1 N–H and O–H groups in total. The maximum absolute atomic E-state index is 11.8. The Kier molecular flexibility index (Phi) is 6.28. The standard InChI is InChI=1S/C17H30N2O2S/c1-22(20,21)16-8-5-7-15(13-16)19-14-17(11-6-12-18)9-3-2-4-10-17/h15-16,19H,2-11,13-14H2,1H3. The molecule has 2 saturated carbocycles. The van der Waals surface area contributed by atoms with Crippen molar-refractivity contribution in [3.63, 3.8) is 0 Å². The van der Waals surface area contributed by atoms with Gasteiger partial charge in [-0.15, -0.1) is 0 Å². The number of rotatable bonds is 6. The molecular weight excluding hydrogens is 296 g/mol. The molecule has 0 bridgehead atoms. The van der Waals surface area contributed by atoms with E-state index in [1.54, 1.807) is 0 Å². The highest BCUT2D eigenvalue weighted by atomic mass is 32.2. The summed E-state index contributed by atoms with van der Waals surface area (Å²) in [5.41, 5.74) is 0.270. The van der Waals surface area contributed by atoms with Crippen molar-refractivity contribution < 1.29 is 8.42 Å². The van der Waals surface area contributed by atoms with E-state index in [0.717, 1.165) is 38.6 Å². The van der Waals surface area contributed by atoms with Crippen LogP contribution in [0, 0.1) is 16.7 Å². The lowest BCUT2D eigenvalue weighted by Crippen LogP contribution is -2.44. The van der Waals surface area contributed by atoms with Crippen LogP contribution in [0.15, 0.2) is 0 Å². The molecule has 2 unspecified atom stereocenters. The van der Waals surface area contributed by atoms with E-state index >= 15 is 0 Å². The number of nitriles is 1. The minimum absolute atomic E-state index is 0.167. The smallest absolute Gasteiger partial charge is 0.150 e. The fourth-order valence-electron chi connectivity index (χ4n) is 4.22. The summed E-state index contributed by atoms with van der Waals surface area (Å²) in [6.07, 6.45) is 12.9. The first-order valence-corrected chi connectivity index (χ1v) is 10.7. The SMILES string of the molecule is CS(=O)(=O)C1CCCC(NCC2(CCC#N)CCCCC2)C1. The van der Waals surface area contributed by atoms with Gasteiger partial charge in [-0.05, 0) is 43.9 Å². The van der Waals surface area contributed by atoms with Crippen LogP contribution in [0.1, 0.15) is 70.6 Å². The second-order valence-electron chi connectivity index (χ2n) is 7.41. The molecule has 2 rings (SSSR count). The molecule has 0 heterocycles. The maximum Gasteiger partial charge on any atom is 0.150 e. The Morgan fingerprint density at radius 1 is 1.18 bits per heavy atom. The van der Waals surface area contributed by atoms with Gasteiger partial charge in [-0.3, -0.25) is 0 Å². The highest BCUT2D eigenvalue weighted by Crippen LogP contribution is 2.40. The van der Waals surface area contributed by atoms with E-state index in [1.807, 2.05) is 0 Å². The molecule has 0 spiro atoms. The van der Waals surface area contributed by atoms with Crippen molar-refractivity contribution in [3.05, 3.63) is 0 Å². The second-order valence-corrected chi connectivity index (χ2v) is 9.74. The Balaban J connectivity index is 1.90. The summed E-state index contributed by atoms with van der Waals surface area (Å²) in [6, 6.07) is 2.63. The van der Waals surface area contributed by atoms with Gasteiger partial charge in [0.15, 0.2) is 0 Å². The Bertz CT molecular complexity index is 489. The summed E-state index contributed by atoms with van der Waals surface area (Å²) >= 11 is 0. The van der Waals surface area contributed by atoms with E-state index in [9.17, 15) is 8.42 Å². The number of nitrogens with one attached hydrogen (secondary N) is 1. The van der Waals surface area contributed by atoms with E-state index in [2.05, 4.69) is 11.4 Å². The van der Waals surface area contributed by atoms with E-state index in [1.165, 1.54) is 38.4 Å². The number of hydrogen-bond acceptors (Lipinski definition) is 4. The summed E-state index contributed by atoms with van der Waals surface area (Å²) in [5, 5.41) is 12.4. The Morgan fingerprint density at radius 3 is 2.55 bits per heavy atom. The lowest BCUT2D eigenvalue weighted by atomic mass is 9.71. The molecule has 4 nitrogen and oxygen atoms in total. The van der Waals surface area contributed by atoms with Crippen LogP contribution >= 0.6 is 0 Å². The third-order valence-corrected chi connectivity index (χ3v) is 7.32. The van der Waals surface area contributed by atoms with Crippen molar-refractivity contribution in [2.24, 2.45) is 5.41 Å². The van der Waals surface area contributed by atoms with Crippen LogP contribution < -0.4 is 5.32 Å². The molecule has 0 aromatic heterocycles. The van der Waals surface area contributed by atoms with E-state index < -0.39 is 9.84 Å². The zero-order valence-corrected chi connectivity index (χ0v) is 14.6. The minimum Gasteiger partial charge on any atom is -0.313 e. The fourth-order valence-corrected chi connectivity index (χ4v) is 5.39. The largest absolute Gasteiger partial charge is 0.313 e. The van der Waals surface area contributed by atoms with Crippen LogP contribution in [-0.2, 0) is 9.84 Å². The molecule has 0 aromatic rings. The normalized spacial score (nSPS) is 28.9. The Hall–Kier alpha value is -0.600. The molecule has 0 radical (unpaired) electrons. The average molecular weight is 327 g/mol. The van der Waals surface area contributed by atoms with Crippen molar-refractivity contribution in [1.82, 2.24) is 5.32 Å². The third-order valence-electron chi connectivity index (χ3n) is 5.68. The summed E-state index contributed by atoms with van der Waals surface area (Å²) < 4.78 is 23.6. The monoisotopic (exact) mass is 326 g/mol.